The largest absolute Gasteiger partial charge is 0.481 e. The molecule has 1 aromatic carbocycles. The summed E-state index contributed by atoms with van der Waals surface area (Å²) in [5, 5.41) is 18.1. The van der Waals surface area contributed by atoms with Crippen molar-refractivity contribution in [2.45, 2.75) is 12.8 Å². The predicted molar refractivity (Wildman–Crippen MR) is 102 cm³/mol. The van der Waals surface area contributed by atoms with E-state index in [1.54, 1.807) is 39.8 Å². The van der Waals surface area contributed by atoms with E-state index in [4.69, 9.17) is 10.4 Å². The van der Waals surface area contributed by atoms with Crippen LogP contribution in [0.1, 0.15) is 28.8 Å². The summed E-state index contributed by atoms with van der Waals surface area (Å²) in [7, 11) is 0. The van der Waals surface area contributed by atoms with Gasteiger partial charge in [0.15, 0.2) is 0 Å². The minimum Gasteiger partial charge on any atom is -0.481 e. The molecule has 0 spiro atoms. The Morgan fingerprint density at radius 2 is 1.79 bits per heavy atom. The van der Waals surface area contributed by atoms with Gasteiger partial charge >= 0.3 is 5.97 Å². The molecule has 7 heteroatoms. The summed E-state index contributed by atoms with van der Waals surface area (Å²) in [6.07, 6.45) is 4.56. The van der Waals surface area contributed by atoms with Gasteiger partial charge < -0.3 is 14.4 Å². The third-order valence-corrected chi connectivity index (χ3v) is 5.14. The molecule has 0 radical (unpaired) electrons. The van der Waals surface area contributed by atoms with Crippen LogP contribution in [0.4, 0.5) is 0 Å². The Balaban J connectivity index is 1.50. The second-order valence-corrected chi connectivity index (χ2v) is 6.90. The van der Waals surface area contributed by atoms with Crippen LogP contribution in [0.2, 0.25) is 0 Å². The van der Waals surface area contributed by atoms with Crippen molar-refractivity contribution in [1.82, 2.24) is 14.3 Å². The molecule has 3 aromatic rings. The molecule has 1 aliphatic heterocycles. The number of benzene rings is 1. The lowest BCUT2D eigenvalue weighted by Crippen LogP contribution is -2.40. The van der Waals surface area contributed by atoms with E-state index in [1.165, 1.54) is 0 Å². The monoisotopic (exact) mass is 374 g/mol. The average molecular weight is 374 g/mol. The molecule has 0 bridgehead atoms. The number of fused-ring (bicyclic) bond motifs is 1. The van der Waals surface area contributed by atoms with Crippen LogP contribution in [0, 0.1) is 17.2 Å². The van der Waals surface area contributed by atoms with E-state index >= 15 is 0 Å². The topological polar surface area (TPSA) is 98.7 Å². The van der Waals surface area contributed by atoms with Gasteiger partial charge in [0.2, 0.25) is 0 Å². The molecule has 7 nitrogen and oxygen atoms in total. The zero-order valence-electron chi connectivity index (χ0n) is 15.1. The summed E-state index contributed by atoms with van der Waals surface area (Å²) >= 11 is 0. The first-order chi connectivity index (χ1) is 13.5. The van der Waals surface area contributed by atoms with Crippen molar-refractivity contribution >= 4 is 17.5 Å². The van der Waals surface area contributed by atoms with Gasteiger partial charge in [-0.1, -0.05) is 12.1 Å². The number of piperidine rings is 1. The zero-order chi connectivity index (χ0) is 19.7. The Bertz CT molecular complexity index is 1090. The first-order valence-corrected chi connectivity index (χ1v) is 9.06. The molecule has 1 aliphatic rings. The fourth-order valence-electron chi connectivity index (χ4n) is 3.49. The van der Waals surface area contributed by atoms with E-state index in [1.807, 2.05) is 18.3 Å². The van der Waals surface area contributed by atoms with Crippen molar-refractivity contribution < 1.29 is 14.7 Å². The van der Waals surface area contributed by atoms with Crippen molar-refractivity contribution in [1.29, 1.82) is 5.26 Å². The fraction of sp³-hybridized carbons (Fsp3) is 0.238. The number of hydrogen-bond acceptors (Lipinski definition) is 4. The molecule has 1 N–H and O–H groups in total. The Morgan fingerprint density at radius 1 is 1.07 bits per heavy atom. The summed E-state index contributed by atoms with van der Waals surface area (Å²) in [5.74, 6) is -1.22. The molecule has 28 heavy (non-hydrogen) atoms. The summed E-state index contributed by atoms with van der Waals surface area (Å²) in [4.78, 5) is 30.0. The van der Waals surface area contributed by atoms with Gasteiger partial charge in [-0.3, -0.25) is 9.59 Å². The summed E-state index contributed by atoms with van der Waals surface area (Å²) < 4.78 is 1.81. The number of carboxylic acid groups (broad SMARTS) is 1. The molecule has 1 fully saturated rings. The average Bonchev–Trinajstić information content (AvgIpc) is 3.16. The number of hydrogen-bond donors (Lipinski definition) is 1. The number of carboxylic acids is 1. The van der Waals surface area contributed by atoms with Crippen LogP contribution in [-0.4, -0.2) is 44.4 Å². The van der Waals surface area contributed by atoms with Crippen LogP contribution in [0.5, 0.6) is 0 Å². The Morgan fingerprint density at radius 3 is 2.43 bits per heavy atom. The number of carbonyl (C=O) groups is 2. The number of rotatable bonds is 3. The Labute approximate surface area is 161 Å². The standard InChI is InChI=1S/C21H18N4O3/c22-11-14-1-6-19-23-18(13-25(19)12-14)15-2-4-16(5-3-15)20(26)24-9-7-17(8-10-24)21(27)28/h1-6,12-13,17H,7-10H2,(H,27,28). The molecule has 0 aliphatic carbocycles. The van der Waals surface area contributed by atoms with Crippen LogP contribution in [0.25, 0.3) is 16.9 Å². The van der Waals surface area contributed by atoms with Crippen LogP contribution in [0.15, 0.2) is 48.8 Å². The van der Waals surface area contributed by atoms with Crippen molar-refractivity contribution in [3.63, 3.8) is 0 Å². The highest BCUT2D eigenvalue weighted by atomic mass is 16.4. The third kappa shape index (κ3) is 3.32. The van der Waals surface area contributed by atoms with E-state index in [0.29, 0.717) is 37.1 Å². The van der Waals surface area contributed by atoms with Gasteiger partial charge in [-0.25, -0.2) is 4.98 Å². The van der Waals surface area contributed by atoms with E-state index < -0.39 is 5.97 Å². The quantitative estimate of drug-likeness (QED) is 0.760. The molecular formula is C21H18N4O3. The maximum atomic E-state index is 12.7. The normalized spacial score (nSPS) is 14.8. The Hall–Kier alpha value is -3.66. The van der Waals surface area contributed by atoms with Crippen molar-refractivity contribution in [2.24, 2.45) is 5.92 Å². The van der Waals surface area contributed by atoms with E-state index in [-0.39, 0.29) is 11.8 Å². The Kier molecular flexibility index (Phi) is 4.53. The van der Waals surface area contributed by atoms with Crippen molar-refractivity contribution in [3.05, 3.63) is 59.9 Å². The number of nitrogens with zero attached hydrogens (tertiary/aromatic N) is 4. The van der Waals surface area contributed by atoms with Crippen LogP contribution in [-0.2, 0) is 4.79 Å². The second kappa shape index (κ2) is 7.16. The SMILES string of the molecule is N#Cc1ccc2nc(-c3ccc(C(=O)N4CCC(C(=O)O)CC4)cc3)cn2c1. The van der Waals surface area contributed by atoms with Gasteiger partial charge in [-0.2, -0.15) is 5.26 Å². The third-order valence-electron chi connectivity index (χ3n) is 5.14. The molecule has 2 aromatic heterocycles. The molecule has 1 amide bonds. The minimum absolute atomic E-state index is 0.0796. The van der Waals surface area contributed by atoms with E-state index in [0.717, 1.165) is 16.9 Å². The summed E-state index contributed by atoms with van der Waals surface area (Å²) in [5.41, 5.74) is 3.52. The van der Waals surface area contributed by atoms with Crippen molar-refractivity contribution in [3.8, 4) is 17.3 Å². The molecule has 0 saturated carbocycles. The summed E-state index contributed by atoms with van der Waals surface area (Å²) in [6, 6.07) is 12.9. The highest BCUT2D eigenvalue weighted by Crippen LogP contribution is 2.23. The van der Waals surface area contributed by atoms with Gasteiger partial charge in [0.05, 0.1) is 17.2 Å². The summed E-state index contributed by atoms with van der Waals surface area (Å²) in [6.45, 7) is 0.927. The first kappa shape index (κ1) is 17.7. The van der Waals surface area contributed by atoms with Crippen LogP contribution in [0.3, 0.4) is 0 Å². The van der Waals surface area contributed by atoms with Gasteiger partial charge in [0.25, 0.3) is 5.91 Å². The predicted octanol–water partition coefficient (Wildman–Crippen LogP) is 2.81. The smallest absolute Gasteiger partial charge is 0.306 e. The lowest BCUT2D eigenvalue weighted by molar-refractivity contribution is -0.143. The number of nitriles is 1. The highest BCUT2D eigenvalue weighted by Gasteiger charge is 2.27. The first-order valence-electron chi connectivity index (χ1n) is 9.06. The van der Waals surface area contributed by atoms with E-state index in [9.17, 15) is 9.59 Å². The fourth-order valence-corrected chi connectivity index (χ4v) is 3.49. The molecule has 1 saturated heterocycles. The van der Waals surface area contributed by atoms with Crippen LogP contribution >= 0.6 is 0 Å². The number of carbonyl (C=O) groups excluding carboxylic acids is 1. The number of imidazole rings is 1. The number of aromatic nitrogens is 2. The molecule has 0 unspecified atom stereocenters. The number of likely N-dealkylation sites (tertiary alicyclic amines) is 1. The lowest BCUT2D eigenvalue weighted by Gasteiger charge is -2.30. The van der Waals surface area contributed by atoms with Gasteiger partial charge in [0, 0.05) is 36.6 Å². The van der Waals surface area contributed by atoms with Gasteiger partial charge in [0.1, 0.15) is 11.7 Å². The van der Waals surface area contributed by atoms with E-state index in [2.05, 4.69) is 11.1 Å². The van der Waals surface area contributed by atoms with Crippen molar-refractivity contribution in [2.75, 3.05) is 13.1 Å². The number of pyridine rings is 1. The second-order valence-electron chi connectivity index (χ2n) is 6.90. The molecule has 140 valence electrons. The number of aliphatic carboxylic acids is 1. The van der Waals surface area contributed by atoms with Gasteiger partial charge in [-0.05, 0) is 37.1 Å². The zero-order valence-corrected chi connectivity index (χ0v) is 15.1. The minimum atomic E-state index is -0.786. The molecule has 3 heterocycles. The maximum Gasteiger partial charge on any atom is 0.306 e. The molecule has 4 rings (SSSR count). The number of amides is 1. The maximum absolute atomic E-state index is 12.7. The molecular weight excluding hydrogens is 356 g/mol. The molecule has 0 atom stereocenters. The highest BCUT2D eigenvalue weighted by molar-refractivity contribution is 5.94. The lowest BCUT2D eigenvalue weighted by atomic mass is 9.96. The van der Waals surface area contributed by atoms with Crippen LogP contribution < -0.4 is 0 Å². The van der Waals surface area contributed by atoms with Gasteiger partial charge in [-0.15, -0.1) is 0 Å².